The minimum absolute atomic E-state index is 0.268. The van der Waals surface area contributed by atoms with Crippen LogP contribution in [0.1, 0.15) is 18.9 Å². The van der Waals surface area contributed by atoms with Crippen LogP contribution in [0, 0.1) is 6.92 Å². The van der Waals surface area contributed by atoms with Gasteiger partial charge in [-0.15, -0.1) is 11.8 Å². The second kappa shape index (κ2) is 6.59. The van der Waals surface area contributed by atoms with Gasteiger partial charge < -0.3 is 0 Å². The molecule has 1 atom stereocenters. The molecule has 6 heteroatoms. The number of thioether (sulfide) groups is 1. The van der Waals surface area contributed by atoms with E-state index in [2.05, 4.69) is 11.9 Å². The van der Waals surface area contributed by atoms with Crippen molar-refractivity contribution in [3.8, 4) is 0 Å². The zero-order valence-corrected chi connectivity index (χ0v) is 16.3. The average Bonchev–Trinajstić information content (AvgIpc) is 2.79. The zero-order valence-electron chi connectivity index (χ0n) is 14.7. The van der Waals surface area contributed by atoms with Crippen LogP contribution in [-0.4, -0.2) is 25.2 Å². The van der Waals surface area contributed by atoms with Gasteiger partial charge in [-0.25, -0.2) is 8.42 Å². The van der Waals surface area contributed by atoms with Gasteiger partial charge in [0.25, 0.3) is 10.0 Å². The standard InChI is InChI=1S/C20H20N2O2S2/c1-14-12-16-6-5-9-19(20(16)21-13-14)26(23,24)22-11-10-15(2)25-18-8-4-3-7-17(18)22/h3-9,12-13,15H,10-11H2,1-2H3/t15-/m0/s1. The predicted octanol–water partition coefficient (Wildman–Crippen LogP) is 4.62. The van der Waals surface area contributed by atoms with E-state index < -0.39 is 10.0 Å². The summed E-state index contributed by atoms with van der Waals surface area (Å²) in [5.41, 5.74) is 2.30. The first kappa shape index (κ1) is 17.4. The monoisotopic (exact) mass is 384 g/mol. The molecule has 4 nitrogen and oxygen atoms in total. The maximum Gasteiger partial charge on any atom is 0.266 e. The number of anilines is 1. The summed E-state index contributed by atoms with van der Waals surface area (Å²) in [6.45, 7) is 4.56. The van der Waals surface area contributed by atoms with Crippen LogP contribution in [0.15, 0.2) is 64.5 Å². The molecule has 0 fully saturated rings. The summed E-state index contributed by atoms with van der Waals surface area (Å²) in [6, 6.07) is 15.1. The number of para-hydroxylation sites is 2. The van der Waals surface area contributed by atoms with Gasteiger partial charge in [0.1, 0.15) is 4.90 Å². The maximum absolute atomic E-state index is 13.6. The Hall–Kier alpha value is -2.05. The first-order valence-electron chi connectivity index (χ1n) is 8.60. The van der Waals surface area contributed by atoms with Crippen molar-refractivity contribution < 1.29 is 8.42 Å². The van der Waals surface area contributed by atoms with Crippen LogP contribution in [0.5, 0.6) is 0 Å². The van der Waals surface area contributed by atoms with E-state index in [0.717, 1.165) is 28.0 Å². The SMILES string of the molecule is Cc1cnc2c(S(=O)(=O)N3CC[C@H](C)Sc4ccccc43)cccc2c1. The molecular formula is C20H20N2O2S2. The lowest BCUT2D eigenvalue weighted by Gasteiger charge is -2.24. The number of nitrogens with zero attached hydrogens (tertiary/aromatic N) is 2. The molecule has 3 aromatic rings. The third-order valence-corrected chi connectivity index (χ3v) is 7.66. The number of benzene rings is 2. The fraction of sp³-hybridized carbons (Fsp3) is 0.250. The Balaban J connectivity index is 1.90. The quantitative estimate of drug-likeness (QED) is 0.647. The number of hydrogen-bond donors (Lipinski definition) is 0. The highest BCUT2D eigenvalue weighted by Crippen LogP contribution is 2.40. The lowest BCUT2D eigenvalue weighted by Crippen LogP contribution is -2.32. The summed E-state index contributed by atoms with van der Waals surface area (Å²) < 4.78 is 28.7. The predicted molar refractivity (Wildman–Crippen MR) is 107 cm³/mol. The van der Waals surface area contributed by atoms with Crippen molar-refractivity contribution in [1.82, 2.24) is 4.98 Å². The molecule has 0 saturated heterocycles. The van der Waals surface area contributed by atoms with E-state index in [9.17, 15) is 8.42 Å². The summed E-state index contributed by atoms with van der Waals surface area (Å²) >= 11 is 1.73. The van der Waals surface area contributed by atoms with Gasteiger partial charge in [0.2, 0.25) is 0 Å². The Kier molecular flexibility index (Phi) is 4.40. The molecule has 0 aliphatic carbocycles. The van der Waals surface area contributed by atoms with E-state index in [4.69, 9.17) is 0 Å². The third-order valence-electron chi connectivity index (χ3n) is 4.58. The topological polar surface area (TPSA) is 50.3 Å². The van der Waals surface area contributed by atoms with Crippen molar-refractivity contribution in [1.29, 1.82) is 0 Å². The molecule has 0 N–H and O–H groups in total. The highest BCUT2D eigenvalue weighted by atomic mass is 32.2. The average molecular weight is 385 g/mol. The summed E-state index contributed by atoms with van der Waals surface area (Å²) in [7, 11) is -3.70. The Bertz CT molecular complexity index is 1080. The van der Waals surface area contributed by atoms with Crippen LogP contribution in [0.2, 0.25) is 0 Å². The van der Waals surface area contributed by atoms with E-state index in [0.29, 0.717) is 17.3 Å². The van der Waals surface area contributed by atoms with Crippen LogP contribution in [-0.2, 0) is 10.0 Å². The second-order valence-electron chi connectivity index (χ2n) is 6.60. The summed E-state index contributed by atoms with van der Waals surface area (Å²) in [5, 5.41) is 1.21. The van der Waals surface area contributed by atoms with Crippen molar-refractivity contribution in [2.45, 2.75) is 35.3 Å². The highest BCUT2D eigenvalue weighted by molar-refractivity contribution is 8.00. The van der Waals surface area contributed by atoms with Crippen LogP contribution in [0.3, 0.4) is 0 Å². The van der Waals surface area contributed by atoms with Crippen molar-refractivity contribution in [3.63, 3.8) is 0 Å². The van der Waals surface area contributed by atoms with Gasteiger partial charge in [-0.1, -0.05) is 31.2 Å². The Morgan fingerprint density at radius 1 is 1.15 bits per heavy atom. The Morgan fingerprint density at radius 3 is 2.81 bits per heavy atom. The lowest BCUT2D eigenvalue weighted by molar-refractivity contribution is 0.590. The third kappa shape index (κ3) is 2.97. The van der Waals surface area contributed by atoms with E-state index in [1.165, 1.54) is 0 Å². The number of aromatic nitrogens is 1. The molecule has 0 radical (unpaired) electrons. The molecule has 1 aliphatic heterocycles. The molecule has 0 amide bonds. The number of hydrogen-bond acceptors (Lipinski definition) is 4. The Morgan fingerprint density at radius 2 is 1.96 bits per heavy atom. The normalized spacial score (nSPS) is 17.8. The molecule has 2 aromatic carbocycles. The maximum atomic E-state index is 13.6. The first-order valence-corrected chi connectivity index (χ1v) is 10.9. The van der Waals surface area contributed by atoms with Crippen LogP contribution in [0.25, 0.3) is 10.9 Å². The summed E-state index contributed by atoms with van der Waals surface area (Å²) in [6.07, 6.45) is 2.52. The molecule has 0 bridgehead atoms. The zero-order chi connectivity index (χ0) is 18.3. The number of rotatable bonds is 2. The summed E-state index contributed by atoms with van der Waals surface area (Å²) in [4.78, 5) is 5.70. The van der Waals surface area contributed by atoms with Gasteiger partial charge in [0.05, 0.1) is 11.2 Å². The van der Waals surface area contributed by atoms with Gasteiger partial charge in [-0.3, -0.25) is 9.29 Å². The van der Waals surface area contributed by atoms with E-state index >= 15 is 0 Å². The minimum Gasteiger partial charge on any atom is -0.265 e. The fourth-order valence-electron chi connectivity index (χ4n) is 3.28. The largest absolute Gasteiger partial charge is 0.266 e. The number of fused-ring (bicyclic) bond motifs is 2. The molecular weight excluding hydrogens is 364 g/mol. The van der Waals surface area contributed by atoms with E-state index in [1.54, 1.807) is 34.4 Å². The molecule has 0 unspecified atom stereocenters. The number of sulfonamides is 1. The molecule has 0 spiro atoms. The van der Waals surface area contributed by atoms with Crippen molar-refractivity contribution in [2.24, 2.45) is 0 Å². The lowest BCUT2D eigenvalue weighted by atomic mass is 10.2. The Labute approximate surface area is 158 Å². The fourth-order valence-corrected chi connectivity index (χ4v) is 6.11. The molecule has 26 heavy (non-hydrogen) atoms. The van der Waals surface area contributed by atoms with Gasteiger partial charge in [0.15, 0.2) is 0 Å². The van der Waals surface area contributed by atoms with Gasteiger partial charge in [-0.2, -0.15) is 0 Å². The van der Waals surface area contributed by atoms with Gasteiger partial charge >= 0.3 is 0 Å². The number of aryl methyl sites for hydroxylation is 1. The summed E-state index contributed by atoms with van der Waals surface area (Å²) in [5.74, 6) is 0. The number of pyridine rings is 1. The molecule has 2 heterocycles. The van der Waals surface area contributed by atoms with Crippen molar-refractivity contribution in [2.75, 3.05) is 10.8 Å². The molecule has 134 valence electrons. The van der Waals surface area contributed by atoms with Crippen LogP contribution >= 0.6 is 11.8 Å². The molecule has 0 saturated carbocycles. The molecule has 1 aromatic heterocycles. The first-order chi connectivity index (χ1) is 12.5. The molecule has 1 aliphatic rings. The highest BCUT2D eigenvalue weighted by Gasteiger charge is 2.31. The second-order valence-corrected chi connectivity index (χ2v) is 9.91. The van der Waals surface area contributed by atoms with E-state index in [1.807, 2.05) is 43.3 Å². The van der Waals surface area contributed by atoms with Crippen LogP contribution in [0.4, 0.5) is 5.69 Å². The van der Waals surface area contributed by atoms with Crippen molar-refractivity contribution >= 4 is 38.4 Å². The van der Waals surface area contributed by atoms with E-state index in [-0.39, 0.29) is 4.90 Å². The smallest absolute Gasteiger partial charge is 0.265 e. The van der Waals surface area contributed by atoms with Gasteiger partial charge in [-0.05, 0) is 43.2 Å². The van der Waals surface area contributed by atoms with Gasteiger partial charge in [0, 0.05) is 28.3 Å². The molecule has 4 rings (SSSR count). The van der Waals surface area contributed by atoms with Crippen molar-refractivity contribution in [3.05, 3.63) is 60.3 Å². The van der Waals surface area contributed by atoms with Crippen LogP contribution < -0.4 is 4.31 Å². The minimum atomic E-state index is -3.70.